The number of anilines is 1. The molecule has 2 aromatic rings. The monoisotopic (exact) mass is 411 g/mol. The lowest BCUT2D eigenvalue weighted by Crippen LogP contribution is -2.33. The van der Waals surface area contributed by atoms with Crippen LogP contribution in [0.4, 0.5) is 5.69 Å². The zero-order chi connectivity index (χ0) is 23.5. The smallest absolute Gasteiger partial charge is 0.223 e. The Hall–Kier alpha value is -2.61. The molecule has 0 unspecified atom stereocenters. The molecule has 0 spiro atoms. The van der Waals surface area contributed by atoms with Crippen LogP contribution in [-0.2, 0) is 17.8 Å². The Morgan fingerprint density at radius 2 is 1.53 bits per heavy atom. The molecule has 4 heteroatoms. The number of rotatable bonds is 3. The normalized spacial score (nSPS) is 10.8. The summed E-state index contributed by atoms with van der Waals surface area (Å²) in [7, 11) is 3.46. The molecule has 166 valence electrons. The zero-order valence-corrected chi connectivity index (χ0v) is 20.0. The van der Waals surface area contributed by atoms with Gasteiger partial charge in [0.25, 0.3) is 0 Å². The van der Waals surface area contributed by atoms with Crippen LogP contribution in [0.15, 0.2) is 42.5 Å². The highest BCUT2D eigenvalue weighted by Gasteiger charge is 2.20. The van der Waals surface area contributed by atoms with Gasteiger partial charge in [0.05, 0.1) is 0 Å². The van der Waals surface area contributed by atoms with Gasteiger partial charge in [-0.05, 0) is 61.3 Å². The van der Waals surface area contributed by atoms with E-state index in [4.69, 9.17) is 0 Å². The molecule has 0 saturated heterocycles. The number of amides is 1. The van der Waals surface area contributed by atoms with Gasteiger partial charge in [-0.1, -0.05) is 58.0 Å². The molecule has 2 aromatic carbocycles. The van der Waals surface area contributed by atoms with Gasteiger partial charge < -0.3 is 16.0 Å². The molecule has 1 heterocycles. The van der Waals surface area contributed by atoms with Crippen LogP contribution in [0, 0.1) is 12.8 Å². The van der Waals surface area contributed by atoms with E-state index in [9.17, 15) is 4.79 Å². The number of nitrogens with one attached hydrogen (secondary N) is 1. The number of nitrogens with two attached hydrogens (primary N) is 1. The molecule has 1 amide bonds. The number of aryl methyl sites for hydroxylation is 1. The third-order valence-corrected chi connectivity index (χ3v) is 4.25. The molecule has 3 N–H and O–H groups in total. The lowest BCUT2D eigenvalue weighted by Gasteiger charge is -2.29. The van der Waals surface area contributed by atoms with Gasteiger partial charge in [0.2, 0.25) is 5.91 Å². The van der Waals surface area contributed by atoms with Crippen molar-refractivity contribution in [1.29, 1.82) is 0 Å². The van der Waals surface area contributed by atoms with Crippen molar-refractivity contribution in [1.82, 2.24) is 5.32 Å². The Kier molecular flexibility index (Phi) is 18.2. The minimum atomic E-state index is 0.130. The Morgan fingerprint density at radius 1 is 1.00 bits per heavy atom. The number of terminal acetylenes is 1. The van der Waals surface area contributed by atoms with Crippen molar-refractivity contribution >= 4 is 11.6 Å². The molecule has 0 saturated carbocycles. The number of carbonyl (C=O) groups is 1. The quantitative estimate of drug-likeness (QED) is 0.678. The summed E-state index contributed by atoms with van der Waals surface area (Å²) in [6.07, 6.45) is 10.1. The van der Waals surface area contributed by atoms with Crippen molar-refractivity contribution in [2.75, 3.05) is 25.5 Å². The lowest BCUT2D eigenvalue weighted by atomic mass is 9.95. The molecule has 1 aliphatic rings. The van der Waals surface area contributed by atoms with Gasteiger partial charge in [-0.2, -0.15) is 0 Å². The highest BCUT2D eigenvalue weighted by molar-refractivity contribution is 5.93. The van der Waals surface area contributed by atoms with E-state index in [0.29, 0.717) is 0 Å². The molecular formula is C26H41N3O. The average molecular weight is 412 g/mol. The number of nitrogens with zero attached hydrogens (tertiary/aromatic N) is 1. The predicted molar refractivity (Wildman–Crippen MR) is 134 cm³/mol. The Balaban J connectivity index is 0. The van der Waals surface area contributed by atoms with Crippen molar-refractivity contribution < 1.29 is 4.79 Å². The fourth-order valence-electron chi connectivity index (χ4n) is 3.12. The maximum Gasteiger partial charge on any atom is 0.223 e. The second-order valence-corrected chi connectivity index (χ2v) is 5.84. The van der Waals surface area contributed by atoms with Crippen LogP contribution < -0.4 is 16.0 Å². The maximum absolute atomic E-state index is 11.7. The van der Waals surface area contributed by atoms with Gasteiger partial charge >= 0.3 is 0 Å². The first-order valence-electron chi connectivity index (χ1n) is 10.7. The Bertz CT molecular complexity index is 721. The van der Waals surface area contributed by atoms with E-state index in [-0.39, 0.29) is 5.91 Å². The van der Waals surface area contributed by atoms with Crippen molar-refractivity contribution in [3.8, 4) is 24.0 Å². The van der Waals surface area contributed by atoms with E-state index < -0.39 is 0 Å². The number of carbonyl (C=O) groups excluding carboxylic acids is 1. The number of benzene rings is 2. The van der Waals surface area contributed by atoms with Gasteiger partial charge in [0.15, 0.2) is 0 Å². The number of fused-ring (bicyclic) bond motifs is 1. The Labute approximate surface area is 184 Å². The first-order chi connectivity index (χ1) is 14.7. The molecule has 0 aromatic heterocycles. The second kappa shape index (κ2) is 18.4. The van der Waals surface area contributed by atoms with Gasteiger partial charge in [-0.25, -0.2) is 0 Å². The van der Waals surface area contributed by atoms with Crippen LogP contribution >= 0.6 is 0 Å². The van der Waals surface area contributed by atoms with E-state index in [0.717, 1.165) is 31.6 Å². The van der Waals surface area contributed by atoms with Crippen molar-refractivity contribution in [2.24, 2.45) is 5.73 Å². The molecule has 30 heavy (non-hydrogen) atoms. The standard InChI is InChI=1S/C19H22N2O.2C2H6.C2H2.CH5N/c1-14(22)21-11-3-4-18-12-17(9-10-19(18)21)16-7-5-15(6-8-16)13-20-2;4*1-2/h5-10,12,20H,3-4,11,13H2,1-2H3;2*1-2H3;1-2H;2H2,1H3. The van der Waals surface area contributed by atoms with Gasteiger partial charge in [0.1, 0.15) is 0 Å². The molecule has 3 rings (SSSR count). The molecule has 4 nitrogen and oxygen atoms in total. The zero-order valence-electron chi connectivity index (χ0n) is 20.0. The number of hydrogen-bond donors (Lipinski definition) is 2. The SMILES string of the molecule is C#C.CC.CC.CN.CNCc1ccc(-c2ccc3c(c2)CCCN3C(C)=O)cc1. The molecule has 0 atom stereocenters. The third kappa shape index (κ3) is 8.82. The molecular weight excluding hydrogens is 370 g/mol. The summed E-state index contributed by atoms with van der Waals surface area (Å²) in [6, 6.07) is 15.1. The van der Waals surface area contributed by atoms with E-state index in [1.165, 1.54) is 29.3 Å². The first-order valence-corrected chi connectivity index (χ1v) is 10.7. The Morgan fingerprint density at radius 3 is 2.03 bits per heavy atom. The summed E-state index contributed by atoms with van der Waals surface area (Å²) in [6.45, 7) is 11.4. The fourth-order valence-corrected chi connectivity index (χ4v) is 3.12. The van der Waals surface area contributed by atoms with Crippen LogP contribution in [0.1, 0.15) is 52.2 Å². The second-order valence-electron chi connectivity index (χ2n) is 5.84. The summed E-state index contributed by atoms with van der Waals surface area (Å²) in [5.41, 5.74) is 10.6. The van der Waals surface area contributed by atoms with Gasteiger partial charge in [0, 0.05) is 25.7 Å². The molecule has 0 fully saturated rings. The fraction of sp³-hybridized carbons (Fsp3) is 0.423. The summed E-state index contributed by atoms with van der Waals surface area (Å²) in [4.78, 5) is 13.6. The first kappa shape index (κ1) is 29.6. The van der Waals surface area contributed by atoms with Crippen molar-refractivity contribution in [2.45, 2.75) is 54.0 Å². The molecule has 1 aliphatic heterocycles. The van der Waals surface area contributed by atoms with E-state index >= 15 is 0 Å². The van der Waals surface area contributed by atoms with Crippen LogP contribution in [0.5, 0.6) is 0 Å². The molecule has 0 bridgehead atoms. The van der Waals surface area contributed by atoms with E-state index in [1.54, 1.807) is 6.92 Å². The number of hydrogen-bond acceptors (Lipinski definition) is 3. The van der Waals surface area contributed by atoms with Gasteiger partial charge in [-0.15, -0.1) is 12.8 Å². The minimum Gasteiger partial charge on any atom is -0.333 e. The highest BCUT2D eigenvalue weighted by Crippen LogP contribution is 2.31. The van der Waals surface area contributed by atoms with Crippen LogP contribution in [0.3, 0.4) is 0 Å². The van der Waals surface area contributed by atoms with E-state index in [2.05, 4.69) is 66.4 Å². The predicted octanol–water partition coefficient (Wildman–Crippen LogP) is 5.25. The molecule has 0 aliphatic carbocycles. The molecule has 0 radical (unpaired) electrons. The van der Waals surface area contributed by atoms with Crippen molar-refractivity contribution in [3.63, 3.8) is 0 Å². The van der Waals surface area contributed by atoms with Crippen molar-refractivity contribution in [3.05, 3.63) is 53.6 Å². The summed E-state index contributed by atoms with van der Waals surface area (Å²) in [5.74, 6) is 0.130. The average Bonchev–Trinajstić information content (AvgIpc) is 2.84. The van der Waals surface area contributed by atoms with E-state index in [1.807, 2.05) is 39.6 Å². The minimum absolute atomic E-state index is 0.130. The highest BCUT2D eigenvalue weighted by atomic mass is 16.2. The van der Waals surface area contributed by atoms with Crippen LogP contribution in [0.25, 0.3) is 11.1 Å². The summed E-state index contributed by atoms with van der Waals surface area (Å²) >= 11 is 0. The topological polar surface area (TPSA) is 58.4 Å². The summed E-state index contributed by atoms with van der Waals surface area (Å²) < 4.78 is 0. The van der Waals surface area contributed by atoms with Gasteiger partial charge in [-0.3, -0.25) is 4.79 Å². The maximum atomic E-state index is 11.7. The van der Waals surface area contributed by atoms with Crippen LogP contribution in [0.2, 0.25) is 0 Å². The van der Waals surface area contributed by atoms with Crippen LogP contribution in [-0.4, -0.2) is 26.5 Å². The third-order valence-electron chi connectivity index (χ3n) is 4.25. The summed E-state index contributed by atoms with van der Waals surface area (Å²) in [5, 5.41) is 3.16. The lowest BCUT2D eigenvalue weighted by molar-refractivity contribution is -0.116. The largest absolute Gasteiger partial charge is 0.333 e.